The van der Waals surface area contributed by atoms with Gasteiger partial charge in [0.25, 0.3) is 5.56 Å². The molecule has 2 aromatic heterocycles. The third kappa shape index (κ3) is 5.65. The number of aromatic nitrogens is 2. The second-order valence-electron chi connectivity index (χ2n) is 8.70. The summed E-state index contributed by atoms with van der Waals surface area (Å²) < 4.78 is 0. The van der Waals surface area contributed by atoms with Gasteiger partial charge in [-0.1, -0.05) is 19.4 Å². The van der Waals surface area contributed by atoms with Gasteiger partial charge in [0, 0.05) is 55.4 Å². The maximum absolute atomic E-state index is 12.6. The number of hydrogen-bond donors (Lipinski definition) is 2. The monoisotopic (exact) mass is 435 g/mol. The van der Waals surface area contributed by atoms with Gasteiger partial charge in [-0.3, -0.25) is 19.5 Å². The van der Waals surface area contributed by atoms with Crippen LogP contribution in [0.15, 0.2) is 47.5 Å². The molecule has 2 fully saturated rings. The molecule has 1 atom stereocenters. The molecule has 32 heavy (non-hydrogen) atoms. The average Bonchev–Trinajstić information content (AvgIpc) is 3.30. The Bertz CT molecular complexity index is 1010. The van der Waals surface area contributed by atoms with Crippen LogP contribution in [0, 0.1) is 0 Å². The zero-order valence-electron chi connectivity index (χ0n) is 18.8. The summed E-state index contributed by atoms with van der Waals surface area (Å²) in [6, 6.07) is 5.94. The lowest BCUT2D eigenvalue weighted by Crippen LogP contribution is -2.32. The van der Waals surface area contributed by atoms with E-state index in [4.69, 9.17) is 0 Å². The molecule has 1 amide bonds. The summed E-state index contributed by atoms with van der Waals surface area (Å²) in [5.41, 5.74) is 3.37. The topological polar surface area (TPSA) is 81.3 Å². The van der Waals surface area contributed by atoms with Gasteiger partial charge < -0.3 is 15.2 Å². The molecule has 0 spiro atoms. The molecule has 2 saturated heterocycles. The minimum Gasteiger partial charge on any atom is -0.376 e. The summed E-state index contributed by atoms with van der Waals surface area (Å²) in [6.07, 6.45) is 12.7. The molecule has 2 aromatic rings. The molecule has 0 aliphatic carbocycles. The number of amides is 1. The number of nitrogens with one attached hydrogen (secondary N) is 2. The molecule has 0 unspecified atom stereocenters. The van der Waals surface area contributed by atoms with Crippen LogP contribution >= 0.6 is 0 Å². The molecular formula is C25H33N5O2. The van der Waals surface area contributed by atoms with Gasteiger partial charge in [-0.05, 0) is 62.5 Å². The summed E-state index contributed by atoms with van der Waals surface area (Å²) in [4.78, 5) is 36.4. The molecular weight excluding hydrogens is 402 g/mol. The molecule has 170 valence electrons. The Labute approximate surface area is 189 Å². The molecule has 0 bridgehead atoms. The molecule has 2 aliphatic rings. The van der Waals surface area contributed by atoms with Crippen molar-refractivity contribution in [1.82, 2.24) is 19.8 Å². The fourth-order valence-electron chi connectivity index (χ4n) is 4.46. The highest BCUT2D eigenvalue weighted by molar-refractivity contribution is 5.87. The van der Waals surface area contributed by atoms with E-state index in [1.54, 1.807) is 18.5 Å². The Kier molecular flexibility index (Phi) is 7.37. The van der Waals surface area contributed by atoms with Gasteiger partial charge in [-0.2, -0.15) is 0 Å². The third-order valence-electron chi connectivity index (χ3n) is 6.35. The fourth-order valence-corrected chi connectivity index (χ4v) is 4.46. The number of H-pyrrole nitrogens is 1. The van der Waals surface area contributed by atoms with Crippen molar-refractivity contribution >= 4 is 11.6 Å². The molecule has 0 radical (unpaired) electrons. The van der Waals surface area contributed by atoms with E-state index in [2.05, 4.69) is 27.1 Å². The Morgan fingerprint density at radius 1 is 1.22 bits per heavy atom. The van der Waals surface area contributed by atoms with Crippen LogP contribution in [-0.2, 0) is 11.2 Å². The molecule has 7 heteroatoms. The van der Waals surface area contributed by atoms with Crippen molar-refractivity contribution in [1.29, 1.82) is 0 Å². The second-order valence-corrected chi connectivity index (χ2v) is 8.70. The van der Waals surface area contributed by atoms with Gasteiger partial charge in [0.05, 0.1) is 0 Å². The Balaban J connectivity index is 1.34. The van der Waals surface area contributed by atoms with Crippen molar-refractivity contribution in [3.05, 3.63) is 58.8 Å². The molecule has 7 nitrogen and oxygen atoms in total. The number of aryl methyl sites for hydroxylation is 1. The smallest absolute Gasteiger partial charge is 0.271 e. The maximum atomic E-state index is 12.6. The number of anilines is 1. The van der Waals surface area contributed by atoms with Gasteiger partial charge in [-0.15, -0.1) is 0 Å². The van der Waals surface area contributed by atoms with E-state index in [1.807, 2.05) is 29.2 Å². The summed E-state index contributed by atoms with van der Waals surface area (Å²) in [5, 5.41) is 3.35. The van der Waals surface area contributed by atoms with E-state index in [0.29, 0.717) is 18.8 Å². The van der Waals surface area contributed by atoms with Gasteiger partial charge in [0.1, 0.15) is 5.69 Å². The summed E-state index contributed by atoms with van der Waals surface area (Å²) in [5.74, 6) is 0.0536. The van der Waals surface area contributed by atoms with Crippen LogP contribution in [0.1, 0.15) is 38.3 Å². The first-order valence-electron chi connectivity index (χ1n) is 11.7. The van der Waals surface area contributed by atoms with E-state index in [9.17, 15) is 9.59 Å². The SMILES string of the molecule is CCc1cc(-c2c[nH]c(=O)c(N[C@@H]3CCN(C(=O)/C=C/CN4CCCCC4)C3)c2)ccn1. The zero-order valence-corrected chi connectivity index (χ0v) is 18.8. The van der Waals surface area contributed by atoms with Crippen molar-refractivity contribution < 1.29 is 4.79 Å². The first-order valence-corrected chi connectivity index (χ1v) is 11.7. The predicted octanol–water partition coefficient (Wildman–Crippen LogP) is 3.05. The van der Waals surface area contributed by atoms with E-state index in [-0.39, 0.29) is 17.5 Å². The van der Waals surface area contributed by atoms with Crippen molar-refractivity contribution in [3.8, 4) is 11.1 Å². The second kappa shape index (κ2) is 10.6. The predicted molar refractivity (Wildman–Crippen MR) is 128 cm³/mol. The summed E-state index contributed by atoms with van der Waals surface area (Å²) in [7, 11) is 0. The van der Waals surface area contributed by atoms with Gasteiger partial charge in [-0.25, -0.2) is 0 Å². The number of aromatic amines is 1. The first-order chi connectivity index (χ1) is 15.6. The van der Waals surface area contributed by atoms with Crippen LogP contribution in [0.3, 0.4) is 0 Å². The van der Waals surface area contributed by atoms with E-state index < -0.39 is 0 Å². The zero-order chi connectivity index (χ0) is 22.3. The number of carbonyl (C=O) groups is 1. The van der Waals surface area contributed by atoms with Crippen LogP contribution < -0.4 is 10.9 Å². The highest BCUT2D eigenvalue weighted by atomic mass is 16.2. The van der Waals surface area contributed by atoms with Crippen LogP contribution in [-0.4, -0.2) is 64.4 Å². The third-order valence-corrected chi connectivity index (χ3v) is 6.35. The molecule has 4 heterocycles. The van der Waals surface area contributed by atoms with E-state index in [1.165, 1.54) is 19.3 Å². The standard InChI is InChI=1S/C25H33N5O2/c1-2-21-15-19(8-10-26-21)20-16-23(25(32)27-17-20)28-22-9-14-30(18-22)24(31)7-6-13-29-11-4-3-5-12-29/h6-8,10,15-17,22,28H,2-5,9,11-14,18H2,1H3,(H,27,32)/b7-6+/t22-/m1/s1. The number of carbonyl (C=O) groups excluding carboxylic acids is 1. The van der Waals surface area contributed by atoms with E-state index in [0.717, 1.165) is 49.3 Å². The van der Waals surface area contributed by atoms with Crippen molar-refractivity contribution in [2.24, 2.45) is 0 Å². The van der Waals surface area contributed by atoms with Gasteiger partial charge in [0.15, 0.2) is 0 Å². The maximum Gasteiger partial charge on any atom is 0.271 e. The molecule has 2 aliphatic heterocycles. The van der Waals surface area contributed by atoms with E-state index >= 15 is 0 Å². The molecule has 0 aromatic carbocycles. The Morgan fingerprint density at radius 2 is 2.06 bits per heavy atom. The molecule has 0 saturated carbocycles. The minimum atomic E-state index is -0.148. The lowest BCUT2D eigenvalue weighted by Gasteiger charge is -2.24. The highest BCUT2D eigenvalue weighted by Crippen LogP contribution is 2.22. The number of hydrogen-bond acceptors (Lipinski definition) is 5. The quantitative estimate of drug-likeness (QED) is 0.654. The molecule has 2 N–H and O–H groups in total. The van der Waals surface area contributed by atoms with Crippen molar-refractivity contribution in [2.45, 2.75) is 45.1 Å². The fraction of sp³-hybridized carbons (Fsp3) is 0.480. The summed E-state index contributed by atoms with van der Waals surface area (Å²) in [6.45, 7) is 6.47. The van der Waals surface area contributed by atoms with Gasteiger partial charge in [0.2, 0.25) is 5.91 Å². The average molecular weight is 436 g/mol. The Morgan fingerprint density at radius 3 is 2.88 bits per heavy atom. The van der Waals surface area contributed by atoms with Crippen LogP contribution in [0.5, 0.6) is 0 Å². The normalized spacial score (nSPS) is 19.5. The van der Waals surface area contributed by atoms with Crippen LogP contribution in [0.25, 0.3) is 11.1 Å². The van der Waals surface area contributed by atoms with Crippen LogP contribution in [0.4, 0.5) is 5.69 Å². The minimum absolute atomic E-state index is 0.0536. The Hall–Kier alpha value is -2.93. The number of piperidine rings is 1. The lowest BCUT2D eigenvalue weighted by molar-refractivity contribution is -0.125. The lowest BCUT2D eigenvalue weighted by atomic mass is 10.1. The summed E-state index contributed by atoms with van der Waals surface area (Å²) >= 11 is 0. The van der Waals surface area contributed by atoms with Crippen molar-refractivity contribution in [3.63, 3.8) is 0 Å². The number of likely N-dealkylation sites (tertiary alicyclic amines) is 2. The number of nitrogens with zero attached hydrogens (tertiary/aromatic N) is 3. The highest BCUT2D eigenvalue weighted by Gasteiger charge is 2.25. The number of pyridine rings is 2. The number of rotatable bonds is 7. The van der Waals surface area contributed by atoms with Crippen molar-refractivity contribution in [2.75, 3.05) is 38.0 Å². The van der Waals surface area contributed by atoms with Crippen LogP contribution in [0.2, 0.25) is 0 Å². The van der Waals surface area contributed by atoms with Gasteiger partial charge >= 0.3 is 0 Å². The first kappa shape index (κ1) is 22.3. The molecule has 4 rings (SSSR count). The largest absolute Gasteiger partial charge is 0.376 e.